The van der Waals surface area contributed by atoms with Gasteiger partial charge in [0, 0.05) is 22.7 Å². The highest BCUT2D eigenvalue weighted by Crippen LogP contribution is 2.34. The Labute approximate surface area is 166 Å². The summed E-state index contributed by atoms with van der Waals surface area (Å²) in [7, 11) is 1.70. The molecule has 1 unspecified atom stereocenters. The van der Waals surface area contributed by atoms with Gasteiger partial charge in [0.05, 0.1) is 30.2 Å². The number of halogens is 1. The number of rotatable bonds is 4. The Hall–Kier alpha value is -2.70. The van der Waals surface area contributed by atoms with E-state index in [4.69, 9.17) is 9.84 Å². The van der Waals surface area contributed by atoms with Gasteiger partial charge in [0.1, 0.15) is 5.75 Å². The third-order valence-corrected chi connectivity index (χ3v) is 5.12. The van der Waals surface area contributed by atoms with E-state index >= 15 is 0 Å². The van der Waals surface area contributed by atoms with E-state index < -0.39 is 0 Å². The Kier molecular flexibility index (Phi) is 5.18. The second-order valence-corrected chi connectivity index (χ2v) is 7.01. The van der Waals surface area contributed by atoms with Gasteiger partial charge in [-0.15, -0.1) is 0 Å². The Morgan fingerprint density at radius 1 is 1.04 bits per heavy atom. The quantitative estimate of drug-likeness (QED) is 0.660. The van der Waals surface area contributed by atoms with E-state index in [-0.39, 0.29) is 6.04 Å². The van der Waals surface area contributed by atoms with Crippen LogP contribution < -0.4 is 15.3 Å². The van der Waals surface area contributed by atoms with Crippen LogP contribution in [0.2, 0.25) is 0 Å². The second kappa shape index (κ2) is 7.90. The molecule has 0 radical (unpaired) electrons. The number of nitrogens with one attached hydrogen (secondary N) is 1. The number of aromatic nitrogens is 1. The molecule has 0 saturated carbocycles. The predicted octanol–water partition coefficient (Wildman–Crippen LogP) is 4.71. The zero-order valence-corrected chi connectivity index (χ0v) is 16.4. The number of hydrogen-bond acceptors (Lipinski definition) is 5. The van der Waals surface area contributed by atoms with Crippen LogP contribution in [0.5, 0.6) is 5.75 Å². The Bertz CT molecular complexity index is 961. The van der Waals surface area contributed by atoms with E-state index in [1.54, 1.807) is 13.3 Å². The first-order chi connectivity index (χ1) is 13.3. The predicted molar refractivity (Wildman–Crippen MR) is 111 cm³/mol. The summed E-state index contributed by atoms with van der Waals surface area (Å²) in [5, 5.41) is 6.63. The topological polar surface area (TPSA) is 49.8 Å². The molecule has 27 heavy (non-hydrogen) atoms. The molecule has 136 valence electrons. The van der Waals surface area contributed by atoms with Gasteiger partial charge in [-0.1, -0.05) is 36.4 Å². The molecule has 0 amide bonds. The maximum absolute atomic E-state index is 5.58. The van der Waals surface area contributed by atoms with Crippen molar-refractivity contribution in [2.45, 2.75) is 12.5 Å². The lowest BCUT2D eigenvalue weighted by atomic mass is 9.98. The fraction of sp³-hybridized carbons (Fsp3) is 0.143. The van der Waals surface area contributed by atoms with Crippen LogP contribution in [0.1, 0.15) is 23.7 Å². The Balaban J connectivity index is 1.78. The van der Waals surface area contributed by atoms with Crippen molar-refractivity contribution in [1.29, 1.82) is 0 Å². The minimum atomic E-state index is 0.00256. The number of hydrazone groups is 1. The lowest BCUT2D eigenvalue weighted by Crippen LogP contribution is -2.43. The molecule has 6 heteroatoms. The molecule has 2 aromatic carbocycles. The molecule has 0 bridgehead atoms. The van der Waals surface area contributed by atoms with E-state index in [0.29, 0.717) is 6.42 Å². The van der Waals surface area contributed by atoms with Crippen LogP contribution in [-0.4, -0.2) is 17.8 Å². The van der Waals surface area contributed by atoms with Crippen LogP contribution >= 0.6 is 15.9 Å². The van der Waals surface area contributed by atoms with Crippen LogP contribution in [0.4, 0.5) is 5.69 Å². The highest BCUT2D eigenvalue weighted by atomic mass is 79.9. The fourth-order valence-corrected chi connectivity index (χ4v) is 3.60. The molecule has 1 N–H and O–H groups in total. The first-order valence-electron chi connectivity index (χ1n) is 8.69. The summed E-state index contributed by atoms with van der Waals surface area (Å²) >= 11 is 3.62. The van der Waals surface area contributed by atoms with Gasteiger partial charge in [0.15, 0.2) is 0 Å². The smallest absolute Gasteiger partial charge is 0.123 e. The number of benzene rings is 2. The molecule has 0 aliphatic carbocycles. The van der Waals surface area contributed by atoms with Crippen molar-refractivity contribution < 1.29 is 4.74 Å². The number of ether oxygens (including phenoxy) is 1. The Morgan fingerprint density at radius 2 is 1.81 bits per heavy atom. The normalized spacial score (nSPS) is 16.7. The molecule has 1 aromatic heterocycles. The van der Waals surface area contributed by atoms with Crippen molar-refractivity contribution in [3.8, 4) is 5.75 Å². The summed E-state index contributed by atoms with van der Waals surface area (Å²) < 4.78 is 6.54. The fourth-order valence-electron chi connectivity index (χ4n) is 3.15. The maximum atomic E-state index is 5.58. The third kappa shape index (κ3) is 3.72. The van der Waals surface area contributed by atoms with Gasteiger partial charge in [-0.3, -0.25) is 4.98 Å². The van der Waals surface area contributed by atoms with Crippen LogP contribution in [0.3, 0.4) is 0 Å². The average Bonchev–Trinajstić information content (AvgIpc) is 2.74. The molecule has 3 aromatic rings. The first kappa shape index (κ1) is 17.7. The third-order valence-electron chi connectivity index (χ3n) is 4.45. The summed E-state index contributed by atoms with van der Waals surface area (Å²) in [6, 6.07) is 21.9. The van der Waals surface area contributed by atoms with Crippen molar-refractivity contribution >= 4 is 27.3 Å². The zero-order chi connectivity index (χ0) is 18.6. The molecule has 0 spiro atoms. The summed E-state index contributed by atoms with van der Waals surface area (Å²) in [5.41, 5.74) is 7.32. The van der Waals surface area contributed by atoms with Crippen molar-refractivity contribution in [1.82, 2.24) is 10.4 Å². The molecule has 2 heterocycles. The molecular weight excluding hydrogens is 404 g/mol. The summed E-state index contributed by atoms with van der Waals surface area (Å²) in [4.78, 5) is 4.50. The van der Waals surface area contributed by atoms with Gasteiger partial charge in [-0.25, -0.2) is 5.43 Å². The standard InChI is InChI=1S/C21H19BrN4O/c1-27-21-12-5-2-8-15(21)18-14-19(17-10-6-7-13-23-17)25-26(24-18)20-11-4-3-9-16(20)22/h2-13,18,24H,14H2,1H3. The van der Waals surface area contributed by atoms with Gasteiger partial charge in [-0.2, -0.15) is 10.2 Å². The highest BCUT2D eigenvalue weighted by Gasteiger charge is 2.27. The number of methoxy groups -OCH3 is 1. The van der Waals surface area contributed by atoms with Crippen molar-refractivity contribution in [3.63, 3.8) is 0 Å². The molecule has 1 aliphatic rings. The molecule has 0 fully saturated rings. The van der Waals surface area contributed by atoms with E-state index in [2.05, 4.69) is 32.4 Å². The zero-order valence-electron chi connectivity index (χ0n) is 14.8. The van der Waals surface area contributed by atoms with Crippen molar-refractivity contribution in [3.05, 3.63) is 88.7 Å². The number of hydrazine groups is 1. The molecule has 1 aliphatic heterocycles. The summed E-state index contributed by atoms with van der Waals surface area (Å²) in [5.74, 6) is 0.851. The largest absolute Gasteiger partial charge is 0.496 e. The number of nitrogens with zero attached hydrogens (tertiary/aromatic N) is 3. The minimum absolute atomic E-state index is 0.00256. The second-order valence-electron chi connectivity index (χ2n) is 6.15. The van der Waals surface area contributed by atoms with Crippen molar-refractivity contribution in [2.24, 2.45) is 5.10 Å². The maximum Gasteiger partial charge on any atom is 0.123 e. The number of pyridine rings is 1. The van der Waals surface area contributed by atoms with Crippen LogP contribution in [0.25, 0.3) is 0 Å². The van der Waals surface area contributed by atoms with Gasteiger partial charge in [0.25, 0.3) is 0 Å². The minimum Gasteiger partial charge on any atom is -0.496 e. The Morgan fingerprint density at radius 3 is 2.59 bits per heavy atom. The van der Waals surface area contributed by atoms with Crippen LogP contribution in [0, 0.1) is 0 Å². The average molecular weight is 423 g/mol. The van der Waals surface area contributed by atoms with Crippen LogP contribution in [0.15, 0.2) is 82.5 Å². The van der Waals surface area contributed by atoms with Gasteiger partial charge >= 0.3 is 0 Å². The molecule has 4 rings (SSSR count). The van der Waals surface area contributed by atoms with Gasteiger partial charge < -0.3 is 4.74 Å². The van der Waals surface area contributed by atoms with Crippen LogP contribution in [-0.2, 0) is 0 Å². The van der Waals surface area contributed by atoms with Gasteiger partial charge in [-0.05, 0) is 46.3 Å². The molecule has 0 saturated heterocycles. The lowest BCUT2D eigenvalue weighted by Gasteiger charge is -2.33. The summed E-state index contributed by atoms with van der Waals surface area (Å²) in [6.45, 7) is 0. The number of para-hydroxylation sites is 2. The molecular formula is C21H19BrN4O. The highest BCUT2D eigenvalue weighted by molar-refractivity contribution is 9.10. The van der Waals surface area contributed by atoms with E-state index in [1.165, 1.54) is 0 Å². The van der Waals surface area contributed by atoms with E-state index in [9.17, 15) is 0 Å². The molecule has 1 atom stereocenters. The number of hydrogen-bond donors (Lipinski definition) is 1. The first-order valence-corrected chi connectivity index (χ1v) is 9.48. The number of anilines is 1. The van der Waals surface area contributed by atoms with E-state index in [0.717, 1.165) is 32.9 Å². The SMILES string of the molecule is COc1ccccc1C1CC(c2ccccn2)=NN(c2ccccc2Br)N1. The summed E-state index contributed by atoms with van der Waals surface area (Å²) in [6.07, 6.45) is 2.50. The van der Waals surface area contributed by atoms with E-state index in [1.807, 2.05) is 65.8 Å². The lowest BCUT2D eigenvalue weighted by molar-refractivity contribution is 0.396. The van der Waals surface area contributed by atoms with Crippen molar-refractivity contribution in [2.75, 3.05) is 12.2 Å². The van der Waals surface area contributed by atoms with Gasteiger partial charge in [0.2, 0.25) is 0 Å². The molecule has 5 nitrogen and oxygen atoms in total. The monoisotopic (exact) mass is 422 g/mol.